The van der Waals surface area contributed by atoms with Crippen molar-refractivity contribution in [3.8, 4) is 0 Å². The lowest BCUT2D eigenvalue weighted by atomic mass is 10.2. The second kappa shape index (κ2) is 5.64. The maximum absolute atomic E-state index is 5.70. The van der Waals surface area contributed by atoms with Crippen LogP contribution in [0.15, 0.2) is 51.2 Å². The van der Waals surface area contributed by atoms with Crippen molar-refractivity contribution in [1.29, 1.82) is 0 Å². The number of hydrogen-bond donors (Lipinski definition) is 1. The molecule has 0 spiro atoms. The Labute approximate surface area is 121 Å². The number of aromatic nitrogens is 2. The maximum Gasteiger partial charge on any atom is 0.263 e. The summed E-state index contributed by atoms with van der Waals surface area (Å²) >= 11 is 1.46. The molecule has 0 fully saturated rings. The number of pyridine rings is 1. The third-order valence-corrected chi connectivity index (χ3v) is 3.90. The Bertz CT molecular complexity index is 706. The van der Waals surface area contributed by atoms with E-state index in [0.717, 1.165) is 28.2 Å². The summed E-state index contributed by atoms with van der Waals surface area (Å²) in [5, 5.41) is 4.68. The highest BCUT2D eigenvalue weighted by atomic mass is 32.2. The summed E-state index contributed by atoms with van der Waals surface area (Å²) in [6.07, 6.45) is 1.88. The van der Waals surface area contributed by atoms with Gasteiger partial charge in [0.1, 0.15) is 10.5 Å². The van der Waals surface area contributed by atoms with Gasteiger partial charge in [0.25, 0.3) is 5.22 Å². The third-order valence-electron chi connectivity index (χ3n) is 2.93. The summed E-state index contributed by atoms with van der Waals surface area (Å²) in [6.45, 7) is 2.87. The SMILES string of the molecule is CNCc1cnc(Sc2nc3ccccc3o2)c(C)c1. The van der Waals surface area contributed by atoms with Crippen molar-refractivity contribution < 1.29 is 4.42 Å². The van der Waals surface area contributed by atoms with E-state index >= 15 is 0 Å². The van der Waals surface area contributed by atoms with Crippen LogP contribution >= 0.6 is 11.8 Å². The minimum absolute atomic E-state index is 0.628. The molecule has 2 heterocycles. The van der Waals surface area contributed by atoms with Gasteiger partial charge in [-0.25, -0.2) is 9.97 Å². The molecule has 3 rings (SSSR count). The fourth-order valence-corrected chi connectivity index (χ4v) is 2.77. The van der Waals surface area contributed by atoms with Crippen LogP contribution in [0.2, 0.25) is 0 Å². The number of hydrogen-bond acceptors (Lipinski definition) is 5. The van der Waals surface area contributed by atoms with Gasteiger partial charge in [-0.05, 0) is 49.0 Å². The van der Waals surface area contributed by atoms with Gasteiger partial charge >= 0.3 is 0 Å². The Hall–Kier alpha value is -1.85. The summed E-state index contributed by atoms with van der Waals surface area (Å²) in [6, 6.07) is 9.89. The van der Waals surface area contributed by atoms with Crippen LogP contribution in [0.4, 0.5) is 0 Å². The lowest BCUT2D eigenvalue weighted by Gasteiger charge is -2.05. The zero-order chi connectivity index (χ0) is 13.9. The van der Waals surface area contributed by atoms with Gasteiger partial charge in [0.15, 0.2) is 5.58 Å². The summed E-state index contributed by atoms with van der Waals surface area (Å²) in [5.41, 5.74) is 3.98. The molecule has 2 aromatic heterocycles. The molecule has 4 nitrogen and oxygen atoms in total. The second-order valence-electron chi connectivity index (χ2n) is 4.55. The topological polar surface area (TPSA) is 51.0 Å². The number of nitrogens with zero attached hydrogens (tertiary/aromatic N) is 2. The number of oxazole rings is 1. The van der Waals surface area contributed by atoms with Gasteiger partial charge in [0, 0.05) is 12.7 Å². The number of para-hydroxylation sites is 2. The van der Waals surface area contributed by atoms with Crippen molar-refractivity contribution in [1.82, 2.24) is 15.3 Å². The zero-order valence-corrected chi connectivity index (χ0v) is 12.2. The van der Waals surface area contributed by atoms with Gasteiger partial charge in [-0.1, -0.05) is 18.2 Å². The van der Waals surface area contributed by atoms with Crippen molar-refractivity contribution in [3.63, 3.8) is 0 Å². The van der Waals surface area contributed by atoms with Crippen LogP contribution in [0.3, 0.4) is 0 Å². The molecule has 0 aliphatic heterocycles. The average Bonchev–Trinajstić information content (AvgIpc) is 2.84. The van der Waals surface area contributed by atoms with Crippen molar-refractivity contribution in [2.75, 3.05) is 7.05 Å². The lowest BCUT2D eigenvalue weighted by Crippen LogP contribution is -2.05. The molecule has 1 N–H and O–H groups in total. The maximum atomic E-state index is 5.70. The predicted octanol–water partition coefficient (Wildman–Crippen LogP) is 3.40. The molecule has 102 valence electrons. The standard InChI is InChI=1S/C15H15N3OS/c1-10-7-11(8-16-2)9-17-14(10)20-15-18-12-5-3-4-6-13(12)19-15/h3-7,9,16H,8H2,1-2H3. The number of aryl methyl sites for hydroxylation is 1. The molecule has 1 aromatic carbocycles. The molecule has 5 heteroatoms. The summed E-state index contributed by atoms with van der Waals surface area (Å²) < 4.78 is 5.70. The van der Waals surface area contributed by atoms with E-state index in [1.807, 2.05) is 37.5 Å². The largest absolute Gasteiger partial charge is 0.431 e. The van der Waals surface area contributed by atoms with Gasteiger partial charge in [0.05, 0.1) is 0 Å². The first-order valence-electron chi connectivity index (χ1n) is 6.40. The quantitative estimate of drug-likeness (QED) is 0.796. The first-order valence-corrected chi connectivity index (χ1v) is 7.21. The summed E-state index contributed by atoms with van der Waals surface area (Å²) in [7, 11) is 1.93. The van der Waals surface area contributed by atoms with Crippen molar-refractivity contribution >= 4 is 22.9 Å². The molecule has 0 bridgehead atoms. The molecule has 0 aliphatic rings. The van der Waals surface area contributed by atoms with Crippen molar-refractivity contribution in [2.45, 2.75) is 23.7 Å². The fourth-order valence-electron chi connectivity index (χ4n) is 2.01. The molecular weight excluding hydrogens is 270 g/mol. The molecule has 0 atom stereocenters. The van der Waals surface area contributed by atoms with Crippen molar-refractivity contribution in [3.05, 3.63) is 47.7 Å². The number of fused-ring (bicyclic) bond motifs is 1. The van der Waals surface area contributed by atoms with Crippen LogP contribution in [0.1, 0.15) is 11.1 Å². The van der Waals surface area contributed by atoms with Gasteiger partial charge in [-0.2, -0.15) is 0 Å². The van der Waals surface area contributed by atoms with E-state index in [2.05, 4.69) is 28.3 Å². The Kier molecular flexibility index (Phi) is 3.71. The smallest absolute Gasteiger partial charge is 0.263 e. The fraction of sp³-hybridized carbons (Fsp3) is 0.200. The molecule has 0 radical (unpaired) electrons. The van der Waals surface area contributed by atoms with Crippen LogP contribution in [0.25, 0.3) is 11.1 Å². The van der Waals surface area contributed by atoms with E-state index < -0.39 is 0 Å². The molecule has 0 saturated heterocycles. The number of benzene rings is 1. The number of nitrogens with one attached hydrogen (secondary N) is 1. The molecule has 0 aliphatic carbocycles. The summed E-state index contributed by atoms with van der Waals surface area (Å²) in [4.78, 5) is 8.94. The van der Waals surface area contributed by atoms with Gasteiger partial charge < -0.3 is 9.73 Å². The minimum Gasteiger partial charge on any atom is -0.431 e. The third kappa shape index (κ3) is 2.69. The van der Waals surface area contributed by atoms with Gasteiger partial charge in [-0.3, -0.25) is 0 Å². The van der Waals surface area contributed by atoms with Crippen LogP contribution in [-0.4, -0.2) is 17.0 Å². The highest BCUT2D eigenvalue weighted by Gasteiger charge is 2.10. The normalized spacial score (nSPS) is 11.1. The van der Waals surface area contributed by atoms with Gasteiger partial charge in [-0.15, -0.1) is 0 Å². The first-order chi connectivity index (χ1) is 9.76. The van der Waals surface area contributed by atoms with Crippen LogP contribution < -0.4 is 5.32 Å². The predicted molar refractivity (Wildman–Crippen MR) is 79.9 cm³/mol. The van der Waals surface area contributed by atoms with E-state index in [4.69, 9.17) is 4.42 Å². The Morgan fingerprint density at radius 3 is 2.90 bits per heavy atom. The van der Waals surface area contributed by atoms with Crippen LogP contribution in [0, 0.1) is 6.92 Å². The number of rotatable bonds is 4. The first kappa shape index (κ1) is 13.1. The molecule has 0 unspecified atom stereocenters. The van der Waals surface area contributed by atoms with Crippen LogP contribution in [0.5, 0.6) is 0 Å². The van der Waals surface area contributed by atoms with E-state index in [1.165, 1.54) is 17.3 Å². The molecule has 0 amide bonds. The Morgan fingerprint density at radius 1 is 1.30 bits per heavy atom. The van der Waals surface area contributed by atoms with Gasteiger partial charge in [0.2, 0.25) is 0 Å². The monoisotopic (exact) mass is 285 g/mol. The summed E-state index contributed by atoms with van der Waals surface area (Å²) in [5.74, 6) is 0. The highest BCUT2D eigenvalue weighted by Crippen LogP contribution is 2.30. The molecule has 3 aromatic rings. The zero-order valence-electron chi connectivity index (χ0n) is 11.4. The highest BCUT2D eigenvalue weighted by molar-refractivity contribution is 7.99. The van der Waals surface area contributed by atoms with E-state index in [1.54, 1.807) is 0 Å². The molecular formula is C15H15N3OS. The van der Waals surface area contributed by atoms with E-state index in [9.17, 15) is 0 Å². The average molecular weight is 285 g/mol. The van der Waals surface area contributed by atoms with E-state index in [-0.39, 0.29) is 0 Å². The molecule has 20 heavy (non-hydrogen) atoms. The Morgan fingerprint density at radius 2 is 2.15 bits per heavy atom. The minimum atomic E-state index is 0.628. The lowest BCUT2D eigenvalue weighted by molar-refractivity contribution is 0.489. The molecule has 0 saturated carbocycles. The van der Waals surface area contributed by atoms with E-state index in [0.29, 0.717) is 5.22 Å². The van der Waals surface area contributed by atoms with Crippen molar-refractivity contribution in [2.24, 2.45) is 0 Å². The second-order valence-corrected chi connectivity index (χ2v) is 5.49. The van der Waals surface area contributed by atoms with Crippen LogP contribution in [-0.2, 0) is 6.54 Å². The Balaban J connectivity index is 1.86.